The van der Waals surface area contributed by atoms with Crippen molar-refractivity contribution >= 4 is 29.2 Å². The van der Waals surface area contributed by atoms with E-state index in [0.717, 1.165) is 0 Å². The van der Waals surface area contributed by atoms with Crippen molar-refractivity contribution in [3.63, 3.8) is 0 Å². The van der Waals surface area contributed by atoms with Gasteiger partial charge in [-0.1, -0.05) is 17.8 Å². The average molecular weight is 490 g/mol. The SMILES string of the molecule is C#CCOCCOCC#Cc1cc(NC(=N)N)ccc1C(=O)Oc1ccc(CC(=O)O)n2ncnc12. The summed E-state index contributed by atoms with van der Waals surface area (Å²) in [6, 6.07) is 7.51. The van der Waals surface area contributed by atoms with Crippen LogP contribution in [-0.4, -0.2) is 64.0 Å². The molecule has 0 aliphatic carbocycles. The van der Waals surface area contributed by atoms with Crippen LogP contribution in [0.5, 0.6) is 5.75 Å². The van der Waals surface area contributed by atoms with Crippen LogP contribution in [0.25, 0.3) is 5.65 Å². The number of guanidine groups is 1. The third kappa shape index (κ3) is 7.04. The molecule has 12 heteroatoms. The Morgan fingerprint density at radius 2 is 1.97 bits per heavy atom. The van der Waals surface area contributed by atoms with E-state index in [0.29, 0.717) is 30.2 Å². The highest BCUT2D eigenvalue weighted by atomic mass is 16.5. The van der Waals surface area contributed by atoms with E-state index in [-0.39, 0.29) is 42.6 Å². The van der Waals surface area contributed by atoms with Crippen molar-refractivity contribution in [2.45, 2.75) is 6.42 Å². The number of benzene rings is 1. The Balaban J connectivity index is 1.81. The summed E-state index contributed by atoms with van der Waals surface area (Å²) >= 11 is 0. The summed E-state index contributed by atoms with van der Waals surface area (Å²) in [5.41, 5.74) is 6.84. The number of carbonyl (C=O) groups excluding carboxylic acids is 1. The number of hydrogen-bond acceptors (Lipinski definition) is 8. The summed E-state index contributed by atoms with van der Waals surface area (Å²) in [6.45, 7) is 0.886. The molecule has 0 aliphatic rings. The zero-order chi connectivity index (χ0) is 25.9. The molecular weight excluding hydrogens is 468 g/mol. The maximum atomic E-state index is 13.0. The van der Waals surface area contributed by atoms with Crippen molar-refractivity contribution in [1.29, 1.82) is 5.41 Å². The fourth-order valence-corrected chi connectivity index (χ4v) is 3.02. The molecule has 5 N–H and O–H groups in total. The first-order chi connectivity index (χ1) is 17.4. The van der Waals surface area contributed by atoms with Gasteiger partial charge in [0.2, 0.25) is 0 Å². The van der Waals surface area contributed by atoms with Crippen molar-refractivity contribution in [2.24, 2.45) is 5.73 Å². The number of hydrogen-bond donors (Lipinski definition) is 4. The number of carboxylic acids is 1. The van der Waals surface area contributed by atoms with Crippen LogP contribution < -0.4 is 15.8 Å². The summed E-state index contributed by atoms with van der Waals surface area (Å²) in [5, 5.41) is 23.1. The topological polar surface area (TPSA) is 174 Å². The molecular formula is C24H22N6O6. The monoisotopic (exact) mass is 490 g/mol. The Morgan fingerprint density at radius 3 is 2.69 bits per heavy atom. The maximum Gasteiger partial charge on any atom is 0.344 e. The lowest BCUT2D eigenvalue weighted by molar-refractivity contribution is -0.136. The van der Waals surface area contributed by atoms with Crippen LogP contribution in [0.4, 0.5) is 5.69 Å². The van der Waals surface area contributed by atoms with Crippen molar-refractivity contribution in [2.75, 3.05) is 31.7 Å². The quantitative estimate of drug-likeness (QED) is 0.105. The number of aromatic nitrogens is 3. The van der Waals surface area contributed by atoms with Crippen molar-refractivity contribution < 1.29 is 28.9 Å². The molecule has 0 bridgehead atoms. The molecule has 0 unspecified atom stereocenters. The highest BCUT2D eigenvalue weighted by Crippen LogP contribution is 2.23. The van der Waals surface area contributed by atoms with Gasteiger partial charge >= 0.3 is 11.9 Å². The van der Waals surface area contributed by atoms with Gasteiger partial charge in [0.1, 0.15) is 19.5 Å². The Morgan fingerprint density at radius 1 is 1.19 bits per heavy atom. The largest absolute Gasteiger partial charge is 0.481 e. The van der Waals surface area contributed by atoms with Crippen LogP contribution in [0.15, 0.2) is 36.7 Å². The first-order valence-electron chi connectivity index (χ1n) is 10.5. The Kier molecular flexibility index (Phi) is 8.94. The zero-order valence-corrected chi connectivity index (χ0v) is 19.0. The second kappa shape index (κ2) is 12.5. The Bertz CT molecular complexity index is 1380. The van der Waals surface area contributed by atoms with Gasteiger partial charge in [0.05, 0.1) is 30.9 Å². The lowest BCUT2D eigenvalue weighted by atomic mass is 10.1. The molecule has 12 nitrogen and oxygen atoms in total. The summed E-state index contributed by atoms with van der Waals surface area (Å²) in [6.07, 6.45) is 6.05. The number of carboxylic acid groups (broad SMARTS) is 1. The third-order valence-corrected chi connectivity index (χ3v) is 4.48. The fourth-order valence-electron chi connectivity index (χ4n) is 3.02. The normalized spacial score (nSPS) is 10.2. The van der Waals surface area contributed by atoms with Gasteiger partial charge < -0.3 is 30.4 Å². The van der Waals surface area contributed by atoms with Crippen LogP contribution >= 0.6 is 0 Å². The number of nitrogens with two attached hydrogens (primary N) is 1. The molecule has 0 saturated carbocycles. The number of pyridine rings is 1. The number of fused-ring (bicyclic) bond motifs is 1. The second-order valence-corrected chi connectivity index (χ2v) is 7.05. The van der Waals surface area contributed by atoms with E-state index in [2.05, 4.69) is 33.2 Å². The Labute approximate surface area is 205 Å². The molecule has 0 spiro atoms. The lowest BCUT2D eigenvalue weighted by Crippen LogP contribution is -2.20. The highest BCUT2D eigenvalue weighted by Gasteiger charge is 2.18. The van der Waals surface area contributed by atoms with E-state index < -0.39 is 11.9 Å². The second-order valence-electron chi connectivity index (χ2n) is 7.05. The van der Waals surface area contributed by atoms with E-state index in [1.807, 2.05) is 0 Å². The van der Waals surface area contributed by atoms with Crippen LogP contribution in [0.3, 0.4) is 0 Å². The number of terminal acetylenes is 1. The minimum Gasteiger partial charge on any atom is -0.481 e. The van der Waals surface area contributed by atoms with Crippen molar-refractivity contribution in [3.8, 4) is 29.9 Å². The van der Waals surface area contributed by atoms with Gasteiger partial charge in [0.15, 0.2) is 17.4 Å². The first-order valence-corrected chi connectivity index (χ1v) is 10.5. The summed E-state index contributed by atoms with van der Waals surface area (Å²) in [4.78, 5) is 28.2. The van der Waals surface area contributed by atoms with Gasteiger partial charge in [-0.25, -0.2) is 14.3 Å². The van der Waals surface area contributed by atoms with Gasteiger partial charge in [-0.3, -0.25) is 10.2 Å². The van der Waals surface area contributed by atoms with Crippen LogP contribution in [-0.2, 0) is 20.7 Å². The molecule has 3 rings (SSSR count). The van der Waals surface area contributed by atoms with Crippen LogP contribution in [0.1, 0.15) is 21.6 Å². The van der Waals surface area contributed by atoms with Gasteiger partial charge in [-0.15, -0.1) is 6.42 Å². The summed E-state index contributed by atoms with van der Waals surface area (Å²) in [7, 11) is 0. The number of aliphatic carboxylic acids is 1. The van der Waals surface area contributed by atoms with E-state index >= 15 is 0 Å². The lowest BCUT2D eigenvalue weighted by Gasteiger charge is -2.10. The number of rotatable bonds is 10. The van der Waals surface area contributed by atoms with Gasteiger partial charge in [-0.2, -0.15) is 5.10 Å². The number of ether oxygens (including phenoxy) is 3. The molecule has 0 radical (unpaired) electrons. The number of nitrogens with one attached hydrogen (secondary N) is 2. The number of esters is 1. The van der Waals surface area contributed by atoms with E-state index in [1.165, 1.54) is 29.0 Å². The smallest absolute Gasteiger partial charge is 0.344 e. The highest BCUT2D eigenvalue weighted by molar-refractivity contribution is 5.96. The molecule has 0 fully saturated rings. The minimum absolute atomic E-state index is 0.0731. The molecule has 2 heterocycles. The molecule has 36 heavy (non-hydrogen) atoms. The third-order valence-electron chi connectivity index (χ3n) is 4.48. The van der Waals surface area contributed by atoms with Crippen molar-refractivity contribution in [1.82, 2.24) is 14.6 Å². The number of carbonyl (C=O) groups is 2. The summed E-state index contributed by atoms with van der Waals surface area (Å²) < 4.78 is 17.3. The van der Waals surface area contributed by atoms with Crippen molar-refractivity contribution in [3.05, 3.63) is 53.5 Å². The van der Waals surface area contributed by atoms with E-state index in [4.69, 9.17) is 36.9 Å². The minimum atomic E-state index is -1.04. The van der Waals surface area contributed by atoms with Gasteiger partial charge in [0, 0.05) is 11.3 Å². The van der Waals surface area contributed by atoms with Crippen LogP contribution in [0, 0.1) is 29.6 Å². The summed E-state index contributed by atoms with van der Waals surface area (Å²) in [5.74, 6) is 6.06. The maximum absolute atomic E-state index is 13.0. The number of nitrogens with zero attached hydrogens (tertiary/aromatic N) is 3. The van der Waals surface area contributed by atoms with E-state index in [1.54, 1.807) is 12.1 Å². The molecule has 0 atom stereocenters. The molecule has 0 saturated heterocycles. The predicted molar refractivity (Wildman–Crippen MR) is 129 cm³/mol. The van der Waals surface area contributed by atoms with Gasteiger partial charge in [0.25, 0.3) is 0 Å². The zero-order valence-electron chi connectivity index (χ0n) is 19.0. The van der Waals surface area contributed by atoms with Crippen LogP contribution in [0.2, 0.25) is 0 Å². The predicted octanol–water partition coefficient (Wildman–Crippen LogP) is 0.899. The number of anilines is 1. The Hall–Kier alpha value is -4.91. The fraction of sp³-hybridized carbons (Fsp3) is 0.208. The molecule has 2 aromatic heterocycles. The average Bonchev–Trinajstić information content (AvgIpc) is 3.33. The molecule has 3 aromatic rings. The molecule has 0 aliphatic heterocycles. The molecule has 0 amide bonds. The van der Waals surface area contributed by atoms with E-state index in [9.17, 15) is 9.59 Å². The standard InChI is InChI=1S/C24H22N6O6/c1-2-9-34-11-12-35-10-3-4-16-13-17(29-24(25)26)5-7-19(16)23(33)36-20-8-6-18(14-21(31)32)30-22(20)27-15-28-30/h1,5-8,13,15H,9-12,14H2,(H,31,32)(H4,25,26,29). The first kappa shape index (κ1) is 25.7. The molecule has 1 aromatic carbocycles. The van der Waals surface area contributed by atoms with Gasteiger partial charge in [-0.05, 0) is 30.3 Å². The molecule has 184 valence electrons.